The molecular formula is C9H21NO. The van der Waals surface area contributed by atoms with Crippen molar-refractivity contribution in [2.75, 3.05) is 7.11 Å². The molecule has 0 aliphatic heterocycles. The van der Waals surface area contributed by atoms with Crippen LogP contribution in [0, 0.1) is 0 Å². The Hall–Kier alpha value is -0.0800. The summed E-state index contributed by atoms with van der Waals surface area (Å²) in [6.07, 6.45) is 3.19. The first-order chi connectivity index (χ1) is 5.02. The standard InChI is InChI=1S/C9H21NO/c1-5-6-8(10)7-9(2,3)11-4/h8H,5-7,10H2,1-4H3/t8-/m1/s1. The summed E-state index contributed by atoms with van der Waals surface area (Å²) in [7, 11) is 1.73. The summed E-state index contributed by atoms with van der Waals surface area (Å²) in [4.78, 5) is 0. The lowest BCUT2D eigenvalue weighted by atomic mass is 9.97. The lowest BCUT2D eigenvalue weighted by Gasteiger charge is -2.26. The van der Waals surface area contributed by atoms with E-state index in [0.29, 0.717) is 0 Å². The molecule has 0 fully saturated rings. The molecule has 0 aromatic rings. The zero-order chi connectivity index (χ0) is 8.91. The first-order valence-corrected chi connectivity index (χ1v) is 4.32. The van der Waals surface area contributed by atoms with E-state index in [9.17, 15) is 0 Å². The summed E-state index contributed by atoms with van der Waals surface area (Å²) < 4.78 is 5.27. The molecule has 2 nitrogen and oxygen atoms in total. The molecule has 0 aromatic heterocycles. The Morgan fingerprint density at radius 1 is 1.45 bits per heavy atom. The largest absolute Gasteiger partial charge is 0.379 e. The second kappa shape index (κ2) is 4.73. The van der Waals surface area contributed by atoms with Crippen LogP contribution in [0.3, 0.4) is 0 Å². The van der Waals surface area contributed by atoms with Crippen LogP contribution in [-0.2, 0) is 4.74 Å². The monoisotopic (exact) mass is 159 g/mol. The van der Waals surface area contributed by atoms with Gasteiger partial charge in [0.15, 0.2) is 0 Å². The van der Waals surface area contributed by atoms with Crippen LogP contribution in [0.1, 0.15) is 40.0 Å². The van der Waals surface area contributed by atoms with Crippen molar-refractivity contribution in [1.82, 2.24) is 0 Å². The number of rotatable bonds is 5. The number of methoxy groups -OCH3 is 1. The van der Waals surface area contributed by atoms with Crippen molar-refractivity contribution in [3.05, 3.63) is 0 Å². The molecule has 0 rings (SSSR count). The van der Waals surface area contributed by atoms with E-state index in [1.807, 2.05) is 0 Å². The van der Waals surface area contributed by atoms with Gasteiger partial charge in [-0.25, -0.2) is 0 Å². The van der Waals surface area contributed by atoms with Gasteiger partial charge < -0.3 is 10.5 Å². The maximum Gasteiger partial charge on any atom is 0.0637 e. The van der Waals surface area contributed by atoms with Crippen molar-refractivity contribution in [1.29, 1.82) is 0 Å². The average Bonchev–Trinajstić information content (AvgIpc) is 1.87. The van der Waals surface area contributed by atoms with Gasteiger partial charge >= 0.3 is 0 Å². The molecule has 2 heteroatoms. The average molecular weight is 159 g/mol. The fourth-order valence-electron chi connectivity index (χ4n) is 1.19. The third-order valence-electron chi connectivity index (χ3n) is 1.97. The summed E-state index contributed by atoms with van der Waals surface area (Å²) in [6.45, 7) is 6.30. The number of nitrogens with two attached hydrogens (primary N) is 1. The van der Waals surface area contributed by atoms with E-state index in [2.05, 4.69) is 20.8 Å². The zero-order valence-corrected chi connectivity index (χ0v) is 8.18. The third kappa shape index (κ3) is 5.22. The van der Waals surface area contributed by atoms with E-state index in [4.69, 9.17) is 10.5 Å². The van der Waals surface area contributed by atoms with E-state index in [1.165, 1.54) is 0 Å². The molecule has 0 bridgehead atoms. The Morgan fingerprint density at radius 3 is 2.36 bits per heavy atom. The zero-order valence-electron chi connectivity index (χ0n) is 8.18. The molecule has 68 valence electrons. The summed E-state index contributed by atoms with van der Waals surface area (Å²) in [5.74, 6) is 0. The van der Waals surface area contributed by atoms with E-state index >= 15 is 0 Å². The van der Waals surface area contributed by atoms with Crippen LogP contribution >= 0.6 is 0 Å². The van der Waals surface area contributed by atoms with Gasteiger partial charge in [0.25, 0.3) is 0 Å². The minimum absolute atomic E-state index is 0.0609. The van der Waals surface area contributed by atoms with Gasteiger partial charge in [0.05, 0.1) is 5.60 Å². The lowest BCUT2D eigenvalue weighted by molar-refractivity contribution is 0.00953. The topological polar surface area (TPSA) is 35.2 Å². The van der Waals surface area contributed by atoms with Gasteiger partial charge in [0.2, 0.25) is 0 Å². The highest BCUT2D eigenvalue weighted by molar-refractivity contribution is 4.75. The van der Waals surface area contributed by atoms with Crippen molar-refractivity contribution in [3.8, 4) is 0 Å². The molecule has 0 aromatic carbocycles. The Balaban J connectivity index is 3.64. The Bertz CT molecular complexity index is 102. The van der Waals surface area contributed by atoms with E-state index < -0.39 is 0 Å². The fraction of sp³-hybridized carbons (Fsp3) is 1.00. The lowest BCUT2D eigenvalue weighted by Crippen LogP contribution is -2.33. The van der Waals surface area contributed by atoms with Crippen LogP contribution < -0.4 is 5.73 Å². The van der Waals surface area contributed by atoms with Crippen LogP contribution in [-0.4, -0.2) is 18.8 Å². The highest BCUT2D eigenvalue weighted by Crippen LogP contribution is 2.16. The second-order valence-corrected chi connectivity index (χ2v) is 3.72. The molecule has 0 unspecified atom stereocenters. The highest BCUT2D eigenvalue weighted by atomic mass is 16.5. The number of hydrogen-bond acceptors (Lipinski definition) is 2. The molecule has 0 aliphatic rings. The van der Waals surface area contributed by atoms with Gasteiger partial charge in [-0.1, -0.05) is 13.3 Å². The van der Waals surface area contributed by atoms with Crippen molar-refractivity contribution < 1.29 is 4.74 Å². The maximum atomic E-state index is 5.87. The Morgan fingerprint density at radius 2 is 2.00 bits per heavy atom. The summed E-state index contributed by atoms with van der Waals surface area (Å²) in [5.41, 5.74) is 5.80. The molecule has 0 saturated carbocycles. The van der Waals surface area contributed by atoms with Crippen molar-refractivity contribution in [2.24, 2.45) is 5.73 Å². The summed E-state index contributed by atoms with van der Waals surface area (Å²) in [6, 6.07) is 0.287. The summed E-state index contributed by atoms with van der Waals surface area (Å²) in [5, 5.41) is 0. The van der Waals surface area contributed by atoms with E-state index in [0.717, 1.165) is 19.3 Å². The molecule has 1 atom stereocenters. The second-order valence-electron chi connectivity index (χ2n) is 3.72. The van der Waals surface area contributed by atoms with Crippen LogP contribution in [0.5, 0.6) is 0 Å². The number of hydrogen-bond donors (Lipinski definition) is 1. The third-order valence-corrected chi connectivity index (χ3v) is 1.97. The maximum absolute atomic E-state index is 5.87. The first kappa shape index (κ1) is 10.9. The van der Waals surface area contributed by atoms with Gasteiger partial charge in [0.1, 0.15) is 0 Å². The minimum atomic E-state index is -0.0609. The predicted octanol–water partition coefficient (Wildman–Crippen LogP) is 1.93. The quantitative estimate of drug-likeness (QED) is 0.665. The molecule has 0 heterocycles. The Labute approximate surface area is 70.1 Å². The van der Waals surface area contributed by atoms with Crippen LogP contribution in [0.15, 0.2) is 0 Å². The van der Waals surface area contributed by atoms with Crippen molar-refractivity contribution in [3.63, 3.8) is 0 Å². The van der Waals surface area contributed by atoms with Gasteiger partial charge in [-0.05, 0) is 26.7 Å². The highest BCUT2D eigenvalue weighted by Gasteiger charge is 2.19. The van der Waals surface area contributed by atoms with Crippen LogP contribution in [0.2, 0.25) is 0 Å². The predicted molar refractivity (Wildman–Crippen MR) is 48.6 cm³/mol. The first-order valence-electron chi connectivity index (χ1n) is 4.32. The van der Waals surface area contributed by atoms with Crippen LogP contribution in [0.4, 0.5) is 0 Å². The summed E-state index contributed by atoms with van der Waals surface area (Å²) >= 11 is 0. The Kier molecular flexibility index (Phi) is 4.69. The molecule has 11 heavy (non-hydrogen) atoms. The molecular weight excluding hydrogens is 138 g/mol. The van der Waals surface area contributed by atoms with Gasteiger partial charge in [-0.15, -0.1) is 0 Å². The molecule has 0 spiro atoms. The normalized spacial score (nSPS) is 15.0. The molecule has 0 radical (unpaired) electrons. The smallest absolute Gasteiger partial charge is 0.0637 e. The van der Waals surface area contributed by atoms with Gasteiger partial charge in [-0.2, -0.15) is 0 Å². The van der Waals surface area contributed by atoms with E-state index in [1.54, 1.807) is 7.11 Å². The fourth-order valence-corrected chi connectivity index (χ4v) is 1.19. The van der Waals surface area contributed by atoms with E-state index in [-0.39, 0.29) is 11.6 Å². The van der Waals surface area contributed by atoms with Gasteiger partial charge in [0, 0.05) is 13.2 Å². The molecule has 0 aliphatic carbocycles. The minimum Gasteiger partial charge on any atom is -0.379 e. The van der Waals surface area contributed by atoms with Crippen molar-refractivity contribution >= 4 is 0 Å². The SMILES string of the molecule is CCC[C@@H](N)CC(C)(C)OC. The molecule has 0 saturated heterocycles. The molecule has 0 amide bonds. The van der Waals surface area contributed by atoms with Gasteiger partial charge in [-0.3, -0.25) is 0 Å². The number of ether oxygens (including phenoxy) is 1. The van der Waals surface area contributed by atoms with Crippen LogP contribution in [0.25, 0.3) is 0 Å². The molecule has 2 N–H and O–H groups in total. The van der Waals surface area contributed by atoms with Crippen molar-refractivity contribution in [2.45, 2.75) is 51.7 Å².